The Bertz CT molecular complexity index is 894. The standard InChI is InChI=1S/C18H23NO10S2/c1-8-7-31-18(30)19(8)29-17-16(27-12(5)23)15(26-11(4)22)14(25-10(3)21)13(28-17)6-24-9(2)20/h7,13-17H,6H2,1-5H3. The van der Waals surface area contributed by atoms with Crippen molar-refractivity contribution in [2.45, 2.75) is 65.3 Å². The Morgan fingerprint density at radius 2 is 1.52 bits per heavy atom. The number of ether oxygens (including phenoxy) is 5. The molecule has 1 saturated heterocycles. The molecule has 13 heteroatoms. The molecule has 31 heavy (non-hydrogen) atoms. The van der Waals surface area contributed by atoms with Crippen LogP contribution in [0.3, 0.4) is 0 Å². The van der Waals surface area contributed by atoms with Gasteiger partial charge in [0.05, 0.1) is 5.69 Å². The van der Waals surface area contributed by atoms with E-state index in [-0.39, 0.29) is 6.61 Å². The van der Waals surface area contributed by atoms with Gasteiger partial charge in [0.15, 0.2) is 16.2 Å². The van der Waals surface area contributed by atoms with Gasteiger partial charge in [0.25, 0.3) is 6.29 Å². The minimum absolute atomic E-state index is 0.342. The first-order valence-electron chi connectivity index (χ1n) is 9.14. The molecule has 2 heterocycles. The van der Waals surface area contributed by atoms with Crippen LogP contribution in [-0.2, 0) is 42.9 Å². The van der Waals surface area contributed by atoms with Crippen molar-refractivity contribution in [1.82, 2.24) is 4.73 Å². The number of aromatic nitrogens is 1. The summed E-state index contributed by atoms with van der Waals surface area (Å²) in [7, 11) is 0. The third kappa shape index (κ3) is 6.74. The molecule has 1 fully saturated rings. The SMILES string of the molecule is CC(=O)OCC1OC(On2c(C)csc2=S)C(OC(C)=O)C(OC(C)=O)C1OC(C)=O. The van der Waals surface area contributed by atoms with Crippen LogP contribution in [0.15, 0.2) is 5.38 Å². The van der Waals surface area contributed by atoms with E-state index in [1.807, 2.05) is 0 Å². The van der Waals surface area contributed by atoms with E-state index in [1.165, 1.54) is 23.0 Å². The van der Waals surface area contributed by atoms with E-state index in [0.29, 0.717) is 9.65 Å². The van der Waals surface area contributed by atoms with E-state index >= 15 is 0 Å². The number of carbonyl (C=O) groups is 4. The predicted octanol–water partition coefficient (Wildman–Crippen LogP) is 1.10. The van der Waals surface area contributed by atoms with Gasteiger partial charge in [-0.3, -0.25) is 19.2 Å². The van der Waals surface area contributed by atoms with Gasteiger partial charge in [-0.25, -0.2) is 0 Å². The van der Waals surface area contributed by atoms with Crippen molar-refractivity contribution in [3.05, 3.63) is 15.0 Å². The summed E-state index contributed by atoms with van der Waals surface area (Å²) in [6.07, 6.45) is -6.30. The molecular formula is C18H23NO10S2. The van der Waals surface area contributed by atoms with Crippen LogP contribution in [-0.4, -0.2) is 65.9 Å². The monoisotopic (exact) mass is 477 g/mol. The molecule has 11 nitrogen and oxygen atoms in total. The lowest BCUT2D eigenvalue weighted by Crippen LogP contribution is -2.64. The first kappa shape index (κ1) is 24.8. The third-order valence-corrected chi connectivity index (χ3v) is 5.25. The second-order valence-corrected chi connectivity index (χ2v) is 8.11. The first-order chi connectivity index (χ1) is 14.5. The molecule has 0 radical (unpaired) electrons. The molecular weight excluding hydrogens is 454 g/mol. The average Bonchev–Trinajstić information content (AvgIpc) is 2.95. The highest BCUT2D eigenvalue weighted by Crippen LogP contribution is 2.29. The van der Waals surface area contributed by atoms with Crippen LogP contribution in [0.2, 0.25) is 0 Å². The number of nitrogens with zero attached hydrogens (tertiary/aromatic N) is 1. The zero-order valence-corrected chi connectivity index (χ0v) is 19.2. The van der Waals surface area contributed by atoms with Gasteiger partial charge in [0.1, 0.15) is 12.7 Å². The second kappa shape index (κ2) is 10.7. The summed E-state index contributed by atoms with van der Waals surface area (Å²) in [6, 6.07) is 0. The van der Waals surface area contributed by atoms with Gasteiger partial charge >= 0.3 is 23.9 Å². The van der Waals surface area contributed by atoms with Crippen LogP contribution < -0.4 is 4.84 Å². The molecule has 0 saturated carbocycles. The molecule has 0 aliphatic carbocycles. The molecule has 2 rings (SSSR count). The summed E-state index contributed by atoms with van der Waals surface area (Å²) < 4.78 is 28.5. The summed E-state index contributed by atoms with van der Waals surface area (Å²) in [5.74, 6) is -2.76. The van der Waals surface area contributed by atoms with Crippen LogP contribution >= 0.6 is 23.6 Å². The minimum Gasteiger partial charge on any atom is -0.463 e. The first-order valence-corrected chi connectivity index (χ1v) is 10.4. The quantitative estimate of drug-likeness (QED) is 0.318. The molecule has 0 N–H and O–H groups in total. The Labute approximate surface area is 187 Å². The normalized spacial score (nSPS) is 25.3. The molecule has 0 amide bonds. The highest BCUT2D eigenvalue weighted by molar-refractivity contribution is 7.73. The molecule has 0 aromatic carbocycles. The fourth-order valence-electron chi connectivity index (χ4n) is 2.88. The smallest absolute Gasteiger partial charge is 0.303 e. The number of rotatable bonds is 7. The minimum atomic E-state index is -1.33. The summed E-state index contributed by atoms with van der Waals surface area (Å²) in [4.78, 5) is 52.4. The van der Waals surface area contributed by atoms with Crippen molar-refractivity contribution in [3.8, 4) is 0 Å². The van der Waals surface area contributed by atoms with Gasteiger partial charge in [0.2, 0.25) is 6.10 Å². The zero-order chi connectivity index (χ0) is 23.3. The number of hydrogen-bond donors (Lipinski definition) is 0. The number of aryl methyl sites for hydroxylation is 1. The van der Waals surface area contributed by atoms with Crippen molar-refractivity contribution in [1.29, 1.82) is 0 Å². The highest BCUT2D eigenvalue weighted by Gasteiger charge is 2.53. The molecule has 5 atom stereocenters. The third-order valence-electron chi connectivity index (χ3n) is 3.97. The van der Waals surface area contributed by atoms with Crippen molar-refractivity contribution in [2.24, 2.45) is 0 Å². The average molecular weight is 478 g/mol. The van der Waals surface area contributed by atoms with Gasteiger partial charge in [-0.05, 0) is 19.1 Å². The fraction of sp³-hybridized carbons (Fsp3) is 0.611. The maximum absolute atomic E-state index is 11.8. The van der Waals surface area contributed by atoms with Crippen molar-refractivity contribution in [2.75, 3.05) is 6.61 Å². The van der Waals surface area contributed by atoms with Crippen LogP contribution in [0.1, 0.15) is 33.4 Å². The summed E-state index contributed by atoms with van der Waals surface area (Å²) >= 11 is 6.47. The van der Waals surface area contributed by atoms with Crippen LogP contribution in [0.25, 0.3) is 0 Å². The molecule has 1 aliphatic rings. The number of thiazole rings is 1. The Hall–Kier alpha value is -2.51. The predicted molar refractivity (Wildman–Crippen MR) is 106 cm³/mol. The summed E-state index contributed by atoms with van der Waals surface area (Å²) in [6.45, 7) is 6.02. The fourth-order valence-corrected chi connectivity index (χ4v) is 3.86. The lowest BCUT2D eigenvalue weighted by molar-refractivity contribution is -0.308. The molecule has 1 aliphatic heterocycles. The molecule has 0 bridgehead atoms. The van der Waals surface area contributed by atoms with E-state index in [1.54, 1.807) is 12.3 Å². The number of carbonyl (C=O) groups excluding carboxylic acids is 4. The summed E-state index contributed by atoms with van der Waals surface area (Å²) in [5, 5.41) is 1.74. The Kier molecular flexibility index (Phi) is 8.53. The maximum atomic E-state index is 11.8. The second-order valence-electron chi connectivity index (χ2n) is 6.61. The molecule has 0 spiro atoms. The van der Waals surface area contributed by atoms with Crippen molar-refractivity contribution >= 4 is 47.4 Å². The van der Waals surface area contributed by atoms with E-state index in [2.05, 4.69) is 0 Å². The van der Waals surface area contributed by atoms with Crippen LogP contribution in [0, 0.1) is 10.9 Å². The van der Waals surface area contributed by atoms with Gasteiger partial charge in [-0.15, -0.1) is 11.3 Å². The van der Waals surface area contributed by atoms with Gasteiger partial charge in [-0.1, -0.05) is 0 Å². The Morgan fingerprint density at radius 1 is 0.968 bits per heavy atom. The van der Waals surface area contributed by atoms with Crippen molar-refractivity contribution < 1.29 is 47.7 Å². The van der Waals surface area contributed by atoms with E-state index in [0.717, 1.165) is 20.8 Å². The molecule has 1 aromatic rings. The number of esters is 4. The lowest BCUT2D eigenvalue weighted by atomic mass is 9.98. The van der Waals surface area contributed by atoms with Gasteiger partial charge in [0, 0.05) is 33.1 Å². The largest absolute Gasteiger partial charge is 0.463 e. The Morgan fingerprint density at radius 3 is 2.00 bits per heavy atom. The molecule has 172 valence electrons. The zero-order valence-electron chi connectivity index (χ0n) is 17.5. The molecule has 5 unspecified atom stereocenters. The van der Waals surface area contributed by atoms with Gasteiger partial charge in [-0.2, -0.15) is 4.73 Å². The number of hydrogen-bond acceptors (Lipinski definition) is 12. The lowest BCUT2D eigenvalue weighted by Gasteiger charge is -2.43. The van der Waals surface area contributed by atoms with E-state index in [9.17, 15) is 19.2 Å². The van der Waals surface area contributed by atoms with Crippen molar-refractivity contribution in [3.63, 3.8) is 0 Å². The van der Waals surface area contributed by atoms with Crippen LogP contribution in [0.5, 0.6) is 0 Å². The van der Waals surface area contributed by atoms with E-state index < -0.39 is 54.6 Å². The highest BCUT2D eigenvalue weighted by atomic mass is 32.1. The topological polar surface area (TPSA) is 129 Å². The van der Waals surface area contributed by atoms with Crippen LogP contribution in [0.4, 0.5) is 0 Å². The van der Waals surface area contributed by atoms with Gasteiger partial charge < -0.3 is 28.5 Å². The summed E-state index contributed by atoms with van der Waals surface area (Å²) in [5.41, 5.74) is 0.642. The van der Waals surface area contributed by atoms with E-state index in [4.69, 9.17) is 40.7 Å². The molecule has 1 aromatic heterocycles. The Balaban J connectivity index is 2.48. The maximum Gasteiger partial charge on any atom is 0.303 e.